The Morgan fingerprint density at radius 2 is 2.04 bits per heavy atom. The summed E-state index contributed by atoms with van der Waals surface area (Å²) in [6.07, 6.45) is 0. The lowest BCUT2D eigenvalue weighted by atomic mass is 9.98. The first-order chi connectivity index (χ1) is 11.6. The number of phenolic OH excluding ortho intramolecular Hbond substituents is 1. The number of nitrogens with zero attached hydrogens (tertiary/aromatic N) is 3. The Labute approximate surface area is 167 Å². The molecule has 0 saturated carbocycles. The van der Waals surface area contributed by atoms with Gasteiger partial charge in [0.25, 0.3) is 0 Å². The van der Waals surface area contributed by atoms with E-state index in [-0.39, 0.29) is 42.2 Å². The average molecular weight is 417 g/mol. The van der Waals surface area contributed by atoms with Gasteiger partial charge in [0, 0.05) is 42.7 Å². The molecule has 10 heteroatoms. The van der Waals surface area contributed by atoms with E-state index < -0.39 is 10.6 Å². The van der Waals surface area contributed by atoms with Crippen LogP contribution in [0.15, 0.2) is 29.6 Å². The van der Waals surface area contributed by atoms with Crippen molar-refractivity contribution in [2.45, 2.75) is 6.04 Å². The smallest absolute Gasteiger partial charge is 0.312 e. The van der Waals surface area contributed by atoms with Crippen molar-refractivity contribution in [1.29, 1.82) is 5.26 Å². The Morgan fingerprint density at radius 3 is 2.58 bits per heavy atom. The molecule has 0 spiro atoms. The number of hydrogen-bond donors (Lipinski definition) is 2. The molecule has 0 amide bonds. The number of hydrogen-bond acceptors (Lipinski definition) is 7. The van der Waals surface area contributed by atoms with E-state index in [0.717, 1.165) is 37.1 Å². The van der Waals surface area contributed by atoms with Crippen LogP contribution in [0.1, 0.15) is 22.0 Å². The molecule has 3 rings (SSSR count). The summed E-state index contributed by atoms with van der Waals surface area (Å²) in [4.78, 5) is 13.7. The van der Waals surface area contributed by atoms with E-state index in [2.05, 4.69) is 10.2 Å². The molecule has 2 N–H and O–H groups in total. The van der Waals surface area contributed by atoms with Crippen molar-refractivity contribution < 1.29 is 10.0 Å². The molecule has 0 bridgehead atoms. The van der Waals surface area contributed by atoms with Crippen LogP contribution < -0.4 is 5.32 Å². The van der Waals surface area contributed by atoms with Crippen LogP contribution >= 0.6 is 36.2 Å². The predicted molar refractivity (Wildman–Crippen MR) is 105 cm³/mol. The van der Waals surface area contributed by atoms with Crippen molar-refractivity contribution in [2.75, 3.05) is 26.2 Å². The summed E-state index contributed by atoms with van der Waals surface area (Å²) in [7, 11) is 0. The van der Waals surface area contributed by atoms with E-state index in [4.69, 9.17) is 0 Å². The molecule has 0 radical (unpaired) electrons. The first-order valence-electron chi connectivity index (χ1n) is 7.51. The SMILES string of the molecule is Cl.Cl.N#Cc1cc([C@@H](c2cccs2)N2CCNCC2)c(O)c([N+](=O)[O-])c1. The maximum atomic E-state index is 11.2. The van der Waals surface area contributed by atoms with Gasteiger partial charge in [-0.2, -0.15) is 5.26 Å². The van der Waals surface area contributed by atoms with Gasteiger partial charge >= 0.3 is 5.69 Å². The van der Waals surface area contributed by atoms with Gasteiger partial charge in [-0.1, -0.05) is 6.07 Å². The first kappa shape index (κ1) is 22.2. The van der Waals surface area contributed by atoms with Gasteiger partial charge in [0.15, 0.2) is 5.75 Å². The number of rotatable bonds is 4. The standard InChI is InChI=1S/C16H16N4O3S.2ClH/c17-10-11-8-12(16(21)13(9-11)20(22)23)15(14-2-1-7-24-14)19-5-3-18-4-6-19;;/h1-2,7-9,15,18,21H,3-6H2;2*1H/t15-;;/m0../s1. The average Bonchev–Trinajstić information content (AvgIpc) is 3.11. The topological polar surface area (TPSA) is 102 Å². The van der Waals surface area contributed by atoms with Gasteiger partial charge in [-0.15, -0.1) is 36.2 Å². The van der Waals surface area contributed by atoms with E-state index in [0.29, 0.717) is 5.56 Å². The molecule has 2 heterocycles. The highest BCUT2D eigenvalue weighted by Crippen LogP contribution is 2.41. The number of benzene rings is 1. The minimum atomic E-state index is -0.650. The van der Waals surface area contributed by atoms with Gasteiger partial charge in [0.2, 0.25) is 0 Å². The molecule has 1 atom stereocenters. The molecule has 1 aliphatic rings. The normalized spacial score (nSPS) is 15.2. The third-order valence-corrected chi connectivity index (χ3v) is 4.99. The van der Waals surface area contributed by atoms with Gasteiger partial charge in [-0.05, 0) is 17.5 Å². The van der Waals surface area contributed by atoms with Crippen LogP contribution in [0.4, 0.5) is 5.69 Å². The second-order valence-corrected chi connectivity index (χ2v) is 6.49. The molecule has 7 nitrogen and oxygen atoms in total. The predicted octanol–water partition coefficient (Wildman–Crippen LogP) is 3.07. The maximum Gasteiger partial charge on any atom is 0.312 e. The Kier molecular flexibility index (Phi) is 8.27. The zero-order valence-corrected chi connectivity index (χ0v) is 16.1. The Bertz CT molecular complexity index is 790. The van der Waals surface area contributed by atoms with Crippen molar-refractivity contribution in [3.63, 3.8) is 0 Å². The number of nitriles is 1. The lowest BCUT2D eigenvalue weighted by Gasteiger charge is -2.35. The van der Waals surface area contributed by atoms with Gasteiger partial charge < -0.3 is 10.4 Å². The lowest BCUT2D eigenvalue weighted by Crippen LogP contribution is -2.45. The monoisotopic (exact) mass is 416 g/mol. The van der Waals surface area contributed by atoms with Crippen molar-refractivity contribution in [3.8, 4) is 11.8 Å². The lowest BCUT2D eigenvalue weighted by molar-refractivity contribution is -0.386. The van der Waals surface area contributed by atoms with Crippen LogP contribution in [0.25, 0.3) is 0 Å². The Balaban J connectivity index is 0.00000169. The molecular formula is C16H18Cl2N4O3S. The van der Waals surface area contributed by atoms with E-state index in [9.17, 15) is 20.5 Å². The molecule has 0 unspecified atom stereocenters. The summed E-state index contributed by atoms with van der Waals surface area (Å²) in [5.41, 5.74) is 0.150. The zero-order chi connectivity index (χ0) is 17.1. The van der Waals surface area contributed by atoms with Crippen LogP contribution in [0.3, 0.4) is 0 Å². The number of nitrogens with one attached hydrogen (secondary N) is 1. The number of nitro benzene ring substituents is 1. The molecule has 1 aromatic carbocycles. The van der Waals surface area contributed by atoms with Crippen LogP contribution in [-0.2, 0) is 0 Å². The highest BCUT2D eigenvalue weighted by molar-refractivity contribution is 7.10. The number of nitro groups is 1. The van der Waals surface area contributed by atoms with Gasteiger partial charge in [0.1, 0.15) is 0 Å². The van der Waals surface area contributed by atoms with Gasteiger partial charge in [-0.25, -0.2) is 0 Å². The van der Waals surface area contributed by atoms with Crippen molar-refractivity contribution in [3.05, 3.63) is 55.8 Å². The summed E-state index contributed by atoms with van der Waals surface area (Å²) in [5.74, 6) is -0.365. The molecule has 2 aromatic rings. The maximum absolute atomic E-state index is 11.2. The molecule has 1 fully saturated rings. The number of halogens is 2. The number of aromatic hydroxyl groups is 1. The summed E-state index contributed by atoms with van der Waals surface area (Å²) in [5, 5.41) is 36.1. The fourth-order valence-electron chi connectivity index (χ4n) is 2.97. The highest BCUT2D eigenvalue weighted by Gasteiger charge is 2.31. The third kappa shape index (κ3) is 4.44. The molecule has 0 aliphatic carbocycles. The van der Waals surface area contributed by atoms with E-state index in [1.165, 1.54) is 11.3 Å². The summed E-state index contributed by atoms with van der Waals surface area (Å²) >= 11 is 1.53. The number of thiophene rings is 1. The quantitative estimate of drug-likeness (QED) is 0.586. The zero-order valence-electron chi connectivity index (χ0n) is 13.6. The fraction of sp³-hybridized carbons (Fsp3) is 0.312. The summed E-state index contributed by atoms with van der Waals surface area (Å²) in [6, 6.07) is 8.16. The third-order valence-electron chi connectivity index (χ3n) is 4.07. The second kappa shape index (κ2) is 9.71. The largest absolute Gasteiger partial charge is 0.502 e. The second-order valence-electron chi connectivity index (χ2n) is 5.51. The molecule has 1 aromatic heterocycles. The fourth-order valence-corrected chi connectivity index (χ4v) is 3.85. The van der Waals surface area contributed by atoms with Gasteiger partial charge in [-0.3, -0.25) is 15.0 Å². The first-order valence-corrected chi connectivity index (χ1v) is 8.39. The van der Waals surface area contributed by atoms with E-state index in [1.807, 2.05) is 23.6 Å². The Hall–Kier alpha value is -1.89. The molecule has 1 saturated heterocycles. The minimum absolute atomic E-state index is 0. The summed E-state index contributed by atoms with van der Waals surface area (Å²) < 4.78 is 0. The molecule has 26 heavy (non-hydrogen) atoms. The molecule has 1 aliphatic heterocycles. The molecular weight excluding hydrogens is 399 g/mol. The van der Waals surface area contributed by atoms with E-state index in [1.54, 1.807) is 6.07 Å². The van der Waals surface area contributed by atoms with Crippen molar-refractivity contribution in [2.24, 2.45) is 0 Å². The molecule has 140 valence electrons. The van der Waals surface area contributed by atoms with Crippen molar-refractivity contribution in [1.82, 2.24) is 10.2 Å². The van der Waals surface area contributed by atoms with E-state index >= 15 is 0 Å². The Morgan fingerprint density at radius 1 is 1.35 bits per heavy atom. The van der Waals surface area contributed by atoms with Crippen LogP contribution in [0, 0.1) is 21.4 Å². The summed E-state index contributed by atoms with van der Waals surface area (Å²) in [6.45, 7) is 3.13. The van der Waals surface area contributed by atoms with Crippen LogP contribution in [0.2, 0.25) is 0 Å². The van der Waals surface area contributed by atoms with Crippen molar-refractivity contribution >= 4 is 41.8 Å². The van der Waals surface area contributed by atoms with Crippen LogP contribution in [-0.4, -0.2) is 41.1 Å². The van der Waals surface area contributed by atoms with Gasteiger partial charge in [0.05, 0.1) is 22.6 Å². The number of phenols is 1. The van der Waals surface area contributed by atoms with Crippen LogP contribution in [0.5, 0.6) is 5.75 Å². The number of piperazine rings is 1. The highest BCUT2D eigenvalue weighted by atomic mass is 35.5. The minimum Gasteiger partial charge on any atom is -0.502 e.